The molecule has 0 unspecified atom stereocenters. The zero-order valence-electron chi connectivity index (χ0n) is 15.1. The molecule has 8 heteroatoms. The van der Waals surface area contributed by atoms with Crippen LogP contribution in [0.3, 0.4) is 0 Å². The molecule has 0 aliphatic rings. The third-order valence-electron chi connectivity index (χ3n) is 4.04. The lowest BCUT2D eigenvalue weighted by atomic mass is 10.1. The van der Waals surface area contributed by atoms with Crippen molar-refractivity contribution < 1.29 is 14.1 Å². The highest BCUT2D eigenvalue weighted by atomic mass is 35.5. The summed E-state index contributed by atoms with van der Waals surface area (Å²) in [5, 5.41) is 4.54. The summed E-state index contributed by atoms with van der Waals surface area (Å²) in [7, 11) is 3.32. The SMILES string of the molecule is COc1ccc(Cl)cc1CN(C)C(=O)CCc1nc(-c2ccncc2)no1. The number of amides is 1. The normalized spacial score (nSPS) is 10.6. The van der Waals surface area contributed by atoms with Gasteiger partial charge in [0.05, 0.1) is 7.11 Å². The van der Waals surface area contributed by atoms with E-state index in [2.05, 4.69) is 15.1 Å². The van der Waals surface area contributed by atoms with Crippen LogP contribution in [0.2, 0.25) is 5.02 Å². The topological polar surface area (TPSA) is 81.4 Å². The van der Waals surface area contributed by atoms with Crippen molar-refractivity contribution >= 4 is 17.5 Å². The van der Waals surface area contributed by atoms with Gasteiger partial charge in [0.1, 0.15) is 5.75 Å². The van der Waals surface area contributed by atoms with E-state index in [9.17, 15) is 4.79 Å². The van der Waals surface area contributed by atoms with E-state index in [0.717, 1.165) is 11.1 Å². The number of aromatic nitrogens is 3. The van der Waals surface area contributed by atoms with E-state index in [1.54, 1.807) is 61.8 Å². The minimum Gasteiger partial charge on any atom is -0.496 e. The van der Waals surface area contributed by atoms with Gasteiger partial charge in [0.15, 0.2) is 0 Å². The van der Waals surface area contributed by atoms with E-state index in [-0.39, 0.29) is 12.3 Å². The second-order valence-electron chi connectivity index (χ2n) is 5.95. The Hall–Kier alpha value is -2.93. The minimum atomic E-state index is -0.0410. The second-order valence-corrected chi connectivity index (χ2v) is 6.39. The van der Waals surface area contributed by atoms with Gasteiger partial charge in [-0.25, -0.2) is 0 Å². The number of carbonyl (C=O) groups excluding carboxylic acids is 1. The second kappa shape index (κ2) is 8.64. The molecule has 1 aromatic carbocycles. The molecule has 0 atom stereocenters. The van der Waals surface area contributed by atoms with E-state index in [0.29, 0.717) is 35.5 Å². The van der Waals surface area contributed by atoms with E-state index in [1.165, 1.54) is 0 Å². The fourth-order valence-electron chi connectivity index (χ4n) is 2.59. The molecule has 140 valence electrons. The molecule has 0 aliphatic heterocycles. The first kappa shape index (κ1) is 18.8. The predicted molar refractivity (Wildman–Crippen MR) is 100 cm³/mol. The van der Waals surface area contributed by atoms with Crippen molar-refractivity contribution in [1.82, 2.24) is 20.0 Å². The van der Waals surface area contributed by atoms with Gasteiger partial charge in [-0.3, -0.25) is 9.78 Å². The Morgan fingerprint density at radius 2 is 2.04 bits per heavy atom. The van der Waals surface area contributed by atoms with E-state index in [1.807, 2.05) is 0 Å². The Kier molecular flexibility index (Phi) is 6.03. The summed E-state index contributed by atoms with van der Waals surface area (Å²) in [6.45, 7) is 0.397. The molecule has 3 rings (SSSR count). The number of hydrogen-bond acceptors (Lipinski definition) is 6. The van der Waals surface area contributed by atoms with Crippen LogP contribution in [0.5, 0.6) is 5.75 Å². The Labute approximate surface area is 161 Å². The summed E-state index contributed by atoms with van der Waals surface area (Å²) in [5.74, 6) is 1.55. The quantitative estimate of drug-likeness (QED) is 0.619. The van der Waals surface area contributed by atoms with Gasteiger partial charge in [0.2, 0.25) is 17.6 Å². The number of halogens is 1. The fourth-order valence-corrected chi connectivity index (χ4v) is 2.79. The van der Waals surface area contributed by atoms with Crippen LogP contribution in [-0.4, -0.2) is 40.1 Å². The first-order chi connectivity index (χ1) is 13.1. The number of pyridine rings is 1. The maximum absolute atomic E-state index is 12.4. The van der Waals surface area contributed by atoms with Crippen LogP contribution >= 0.6 is 11.6 Å². The van der Waals surface area contributed by atoms with Gasteiger partial charge in [-0.1, -0.05) is 16.8 Å². The molecular weight excluding hydrogens is 368 g/mol. The van der Waals surface area contributed by atoms with Crippen molar-refractivity contribution in [3.63, 3.8) is 0 Å². The number of carbonyl (C=O) groups is 1. The van der Waals surface area contributed by atoms with Crippen LogP contribution in [0, 0.1) is 0 Å². The Morgan fingerprint density at radius 1 is 1.26 bits per heavy atom. The maximum Gasteiger partial charge on any atom is 0.227 e. The molecule has 2 heterocycles. The number of nitrogens with zero attached hydrogens (tertiary/aromatic N) is 4. The molecule has 3 aromatic rings. The van der Waals surface area contributed by atoms with E-state index < -0.39 is 0 Å². The van der Waals surface area contributed by atoms with Gasteiger partial charge in [-0.2, -0.15) is 4.98 Å². The number of rotatable bonds is 7. The van der Waals surface area contributed by atoms with Crippen molar-refractivity contribution in [2.75, 3.05) is 14.2 Å². The molecule has 0 spiro atoms. The average molecular weight is 387 g/mol. The summed E-state index contributed by atoms with van der Waals surface area (Å²) in [6.07, 6.45) is 3.95. The molecule has 0 saturated heterocycles. The predicted octanol–water partition coefficient (Wildman–Crippen LogP) is 3.38. The van der Waals surface area contributed by atoms with Crippen LogP contribution in [0.4, 0.5) is 0 Å². The highest BCUT2D eigenvalue weighted by Gasteiger charge is 2.15. The first-order valence-electron chi connectivity index (χ1n) is 8.36. The highest BCUT2D eigenvalue weighted by Crippen LogP contribution is 2.24. The molecule has 0 aliphatic carbocycles. The molecule has 0 fully saturated rings. The third-order valence-corrected chi connectivity index (χ3v) is 4.27. The van der Waals surface area contributed by atoms with E-state index >= 15 is 0 Å². The number of methoxy groups -OCH3 is 1. The standard InChI is InChI=1S/C19H19ClN4O3/c1-24(12-14-11-15(20)3-4-16(14)26-2)18(25)6-5-17-22-19(23-27-17)13-7-9-21-10-8-13/h3-4,7-11H,5-6,12H2,1-2H3. The van der Waals surface area contributed by atoms with Crippen molar-refractivity contribution in [1.29, 1.82) is 0 Å². The van der Waals surface area contributed by atoms with Gasteiger partial charge >= 0.3 is 0 Å². The lowest BCUT2D eigenvalue weighted by Crippen LogP contribution is -2.26. The van der Waals surface area contributed by atoms with Crippen LogP contribution in [-0.2, 0) is 17.8 Å². The third kappa shape index (κ3) is 4.83. The molecule has 27 heavy (non-hydrogen) atoms. The molecule has 2 aromatic heterocycles. The Bertz CT molecular complexity index is 914. The van der Waals surface area contributed by atoms with Crippen molar-refractivity contribution in [3.05, 3.63) is 59.2 Å². The monoisotopic (exact) mass is 386 g/mol. The summed E-state index contributed by atoms with van der Waals surface area (Å²) < 4.78 is 10.6. The lowest BCUT2D eigenvalue weighted by molar-refractivity contribution is -0.130. The van der Waals surface area contributed by atoms with Gasteiger partial charge < -0.3 is 14.2 Å². The van der Waals surface area contributed by atoms with Crippen molar-refractivity contribution in [3.8, 4) is 17.1 Å². The van der Waals surface area contributed by atoms with E-state index in [4.69, 9.17) is 20.9 Å². The minimum absolute atomic E-state index is 0.0410. The summed E-state index contributed by atoms with van der Waals surface area (Å²) in [4.78, 5) is 22.3. The zero-order valence-corrected chi connectivity index (χ0v) is 15.8. The largest absolute Gasteiger partial charge is 0.496 e. The molecule has 0 N–H and O–H groups in total. The van der Waals surface area contributed by atoms with Crippen LogP contribution in [0.15, 0.2) is 47.2 Å². The summed E-state index contributed by atoms with van der Waals surface area (Å²) >= 11 is 6.04. The summed E-state index contributed by atoms with van der Waals surface area (Å²) in [5.41, 5.74) is 1.66. The summed E-state index contributed by atoms with van der Waals surface area (Å²) in [6, 6.07) is 8.93. The van der Waals surface area contributed by atoms with Gasteiger partial charge in [0, 0.05) is 55.0 Å². The highest BCUT2D eigenvalue weighted by molar-refractivity contribution is 6.30. The molecule has 0 bridgehead atoms. The molecule has 7 nitrogen and oxygen atoms in total. The molecule has 0 saturated carbocycles. The number of hydrogen-bond donors (Lipinski definition) is 0. The van der Waals surface area contributed by atoms with Crippen molar-refractivity contribution in [2.45, 2.75) is 19.4 Å². The molecule has 1 amide bonds. The zero-order chi connectivity index (χ0) is 19.2. The van der Waals surface area contributed by atoms with Gasteiger partial charge in [-0.05, 0) is 30.3 Å². The van der Waals surface area contributed by atoms with Crippen LogP contribution in [0.25, 0.3) is 11.4 Å². The Balaban J connectivity index is 1.58. The smallest absolute Gasteiger partial charge is 0.227 e. The molecule has 0 radical (unpaired) electrons. The number of benzene rings is 1. The first-order valence-corrected chi connectivity index (χ1v) is 8.74. The van der Waals surface area contributed by atoms with Gasteiger partial charge in [0.25, 0.3) is 0 Å². The average Bonchev–Trinajstić information content (AvgIpc) is 3.16. The fraction of sp³-hybridized carbons (Fsp3) is 0.263. The Morgan fingerprint density at radius 3 is 2.78 bits per heavy atom. The molecular formula is C19H19ClN4O3. The van der Waals surface area contributed by atoms with Crippen LogP contribution in [0.1, 0.15) is 17.9 Å². The van der Waals surface area contributed by atoms with Crippen LogP contribution < -0.4 is 4.74 Å². The number of ether oxygens (including phenoxy) is 1. The number of aryl methyl sites for hydroxylation is 1. The maximum atomic E-state index is 12.4. The van der Waals surface area contributed by atoms with Crippen molar-refractivity contribution in [2.24, 2.45) is 0 Å². The van der Waals surface area contributed by atoms with Gasteiger partial charge in [-0.15, -0.1) is 0 Å². The lowest BCUT2D eigenvalue weighted by Gasteiger charge is -2.18.